The molecule has 2 aromatic carbocycles. The van der Waals surface area contributed by atoms with Crippen LogP contribution >= 0.6 is 15.9 Å². The van der Waals surface area contributed by atoms with Crippen LogP contribution in [-0.2, 0) is 10.0 Å². The SMILES string of the molecule is Cc1cc(S(=O)(=O)N[C@H](C)c2ccc3c(c2)OCCO3)ccc1Br. The molecule has 0 radical (unpaired) electrons. The molecule has 7 heteroatoms. The third-order valence-corrected chi connectivity index (χ3v) is 6.27. The van der Waals surface area contributed by atoms with Gasteiger partial charge in [-0.2, -0.15) is 0 Å². The summed E-state index contributed by atoms with van der Waals surface area (Å²) in [4.78, 5) is 0.243. The Morgan fingerprint density at radius 3 is 2.50 bits per heavy atom. The van der Waals surface area contributed by atoms with E-state index in [1.54, 1.807) is 31.2 Å². The Morgan fingerprint density at radius 1 is 1.08 bits per heavy atom. The molecule has 0 aromatic heterocycles. The van der Waals surface area contributed by atoms with E-state index in [2.05, 4.69) is 20.7 Å². The van der Waals surface area contributed by atoms with Gasteiger partial charge in [-0.3, -0.25) is 0 Å². The second-order valence-electron chi connectivity index (χ2n) is 5.66. The smallest absolute Gasteiger partial charge is 0.241 e. The van der Waals surface area contributed by atoms with E-state index in [0.29, 0.717) is 24.7 Å². The van der Waals surface area contributed by atoms with E-state index in [1.807, 2.05) is 19.1 Å². The molecule has 1 aliphatic heterocycles. The van der Waals surface area contributed by atoms with Crippen molar-refractivity contribution in [2.24, 2.45) is 0 Å². The molecule has 1 aliphatic rings. The van der Waals surface area contributed by atoms with Gasteiger partial charge in [-0.15, -0.1) is 0 Å². The quantitative estimate of drug-likeness (QED) is 0.834. The Hall–Kier alpha value is -1.57. The Morgan fingerprint density at radius 2 is 1.79 bits per heavy atom. The number of fused-ring (bicyclic) bond motifs is 1. The summed E-state index contributed by atoms with van der Waals surface area (Å²) in [5.74, 6) is 1.33. The number of nitrogens with one attached hydrogen (secondary N) is 1. The third kappa shape index (κ3) is 3.58. The zero-order chi connectivity index (χ0) is 17.3. The molecule has 1 N–H and O–H groups in total. The minimum Gasteiger partial charge on any atom is -0.486 e. The van der Waals surface area contributed by atoms with Gasteiger partial charge in [0.2, 0.25) is 10.0 Å². The fraction of sp³-hybridized carbons (Fsp3) is 0.294. The van der Waals surface area contributed by atoms with Crippen LogP contribution in [0.4, 0.5) is 0 Å². The Kier molecular flexibility index (Phi) is 4.85. The molecule has 0 bridgehead atoms. The minimum absolute atomic E-state index is 0.243. The highest BCUT2D eigenvalue weighted by Gasteiger charge is 2.21. The third-order valence-electron chi connectivity index (χ3n) is 3.84. The monoisotopic (exact) mass is 411 g/mol. The van der Waals surface area contributed by atoms with Crippen LogP contribution in [0.15, 0.2) is 45.8 Å². The van der Waals surface area contributed by atoms with Crippen molar-refractivity contribution in [3.63, 3.8) is 0 Å². The molecule has 0 saturated carbocycles. The number of benzene rings is 2. The van der Waals surface area contributed by atoms with Gasteiger partial charge in [-0.25, -0.2) is 13.1 Å². The maximum absolute atomic E-state index is 12.6. The van der Waals surface area contributed by atoms with Gasteiger partial charge >= 0.3 is 0 Å². The number of sulfonamides is 1. The number of halogens is 1. The van der Waals surface area contributed by atoms with Gasteiger partial charge in [0.25, 0.3) is 0 Å². The fourth-order valence-corrected chi connectivity index (χ4v) is 4.05. The zero-order valence-corrected chi connectivity index (χ0v) is 15.8. The molecule has 1 heterocycles. The van der Waals surface area contributed by atoms with Crippen molar-refractivity contribution >= 4 is 26.0 Å². The van der Waals surface area contributed by atoms with Crippen molar-refractivity contribution in [3.8, 4) is 11.5 Å². The standard InChI is InChI=1S/C17H18BrNO4S/c1-11-9-14(4-5-15(11)18)24(20,21)19-12(2)13-3-6-16-17(10-13)23-8-7-22-16/h3-6,9-10,12,19H,7-8H2,1-2H3/t12-/m1/s1. The normalized spacial score (nSPS) is 15.1. The minimum atomic E-state index is -3.61. The summed E-state index contributed by atoms with van der Waals surface area (Å²) in [5.41, 5.74) is 1.68. The first-order valence-electron chi connectivity index (χ1n) is 7.55. The molecular weight excluding hydrogens is 394 g/mol. The highest BCUT2D eigenvalue weighted by atomic mass is 79.9. The molecule has 0 amide bonds. The molecule has 24 heavy (non-hydrogen) atoms. The number of ether oxygens (including phenoxy) is 2. The van der Waals surface area contributed by atoms with Crippen LogP contribution in [0.1, 0.15) is 24.1 Å². The summed E-state index contributed by atoms with van der Waals surface area (Å²) in [6.45, 7) is 4.67. The first-order chi connectivity index (χ1) is 11.4. The molecule has 0 unspecified atom stereocenters. The first-order valence-corrected chi connectivity index (χ1v) is 9.82. The van der Waals surface area contributed by atoms with Crippen LogP contribution < -0.4 is 14.2 Å². The van der Waals surface area contributed by atoms with Crippen LogP contribution in [0, 0.1) is 6.92 Å². The van der Waals surface area contributed by atoms with E-state index in [4.69, 9.17) is 9.47 Å². The Bertz CT molecular complexity index is 867. The molecule has 3 rings (SSSR count). The maximum atomic E-state index is 12.6. The molecule has 0 fully saturated rings. The van der Waals surface area contributed by atoms with E-state index in [-0.39, 0.29) is 4.90 Å². The van der Waals surface area contributed by atoms with Gasteiger partial charge in [0.1, 0.15) is 13.2 Å². The van der Waals surface area contributed by atoms with Crippen LogP contribution in [-0.4, -0.2) is 21.6 Å². The van der Waals surface area contributed by atoms with Gasteiger partial charge in [0, 0.05) is 10.5 Å². The van der Waals surface area contributed by atoms with Crippen molar-refractivity contribution in [2.45, 2.75) is 24.8 Å². The molecule has 1 atom stereocenters. The van der Waals surface area contributed by atoms with Crippen molar-refractivity contribution in [2.75, 3.05) is 13.2 Å². The van der Waals surface area contributed by atoms with Gasteiger partial charge in [-0.05, 0) is 55.3 Å². The van der Waals surface area contributed by atoms with Crippen molar-refractivity contribution in [3.05, 3.63) is 52.0 Å². The highest BCUT2D eigenvalue weighted by Crippen LogP contribution is 2.33. The summed E-state index contributed by atoms with van der Waals surface area (Å²) in [7, 11) is -3.61. The Labute approximate surface area is 150 Å². The zero-order valence-electron chi connectivity index (χ0n) is 13.4. The second-order valence-corrected chi connectivity index (χ2v) is 8.23. The number of rotatable bonds is 4. The van der Waals surface area contributed by atoms with E-state index in [0.717, 1.165) is 15.6 Å². The molecule has 5 nitrogen and oxygen atoms in total. The lowest BCUT2D eigenvalue weighted by atomic mass is 10.1. The molecule has 0 saturated heterocycles. The van der Waals surface area contributed by atoms with Crippen molar-refractivity contribution < 1.29 is 17.9 Å². The fourth-order valence-electron chi connectivity index (χ4n) is 2.48. The van der Waals surface area contributed by atoms with Crippen LogP contribution in [0.5, 0.6) is 11.5 Å². The summed E-state index contributed by atoms with van der Waals surface area (Å²) < 4.78 is 39.8. The van der Waals surface area contributed by atoms with Crippen LogP contribution in [0.2, 0.25) is 0 Å². The van der Waals surface area contributed by atoms with Crippen LogP contribution in [0.25, 0.3) is 0 Å². The van der Waals surface area contributed by atoms with Gasteiger partial charge in [0.05, 0.1) is 4.90 Å². The highest BCUT2D eigenvalue weighted by molar-refractivity contribution is 9.10. The largest absolute Gasteiger partial charge is 0.486 e. The van der Waals surface area contributed by atoms with E-state index >= 15 is 0 Å². The predicted molar refractivity (Wildman–Crippen MR) is 95.0 cm³/mol. The topological polar surface area (TPSA) is 64.6 Å². The number of aryl methyl sites for hydroxylation is 1. The number of hydrogen-bond donors (Lipinski definition) is 1. The predicted octanol–water partition coefficient (Wildman–Crippen LogP) is 3.57. The molecule has 0 aliphatic carbocycles. The molecule has 2 aromatic rings. The van der Waals surface area contributed by atoms with Crippen LogP contribution in [0.3, 0.4) is 0 Å². The van der Waals surface area contributed by atoms with E-state index in [1.165, 1.54) is 0 Å². The molecule has 128 valence electrons. The molecular formula is C17H18BrNO4S. The van der Waals surface area contributed by atoms with Crippen molar-refractivity contribution in [1.82, 2.24) is 4.72 Å². The average Bonchev–Trinajstić information content (AvgIpc) is 2.56. The summed E-state index contributed by atoms with van der Waals surface area (Å²) in [5, 5.41) is 0. The van der Waals surface area contributed by atoms with Crippen molar-refractivity contribution in [1.29, 1.82) is 0 Å². The maximum Gasteiger partial charge on any atom is 0.241 e. The summed E-state index contributed by atoms with van der Waals surface area (Å²) in [6, 6.07) is 10.0. The lowest BCUT2D eigenvalue weighted by Gasteiger charge is -2.21. The van der Waals surface area contributed by atoms with Gasteiger partial charge in [-0.1, -0.05) is 22.0 Å². The van der Waals surface area contributed by atoms with Gasteiger partial charge in [0.15, 0.2) is 11.5 Å². The van der Waals surface area contributed by atoms with E-state index in [9.17, 15) is 8.42 Å². The number of hydrogen-bond acceptors (Lipinski definition) is 4. The van der Waals surface area contributed by atoms with E-state index < -0.39 is 16.1 Å². The summed E-state index contributed by atoms with van der Waals surface area (Å²) in [6.07, 6.45) is 0. The lowest BCUT2D eigenvalue weighted by molar-refractivity contribution is 0.171. The first kappa shape index (κ1) is 17.3. The molecule has 0 spiro atoms. The second kappa shape index (κ2) is 6.74. The lowest BCUT2D eigenvalue weighted by Crippen LogP contribution is -2.27. The van der Waals surface area contributed by atoms with Gasteiger partial charge < -0.3 is 9.47 Å². The summed E-state index contributed by atoms with van der Waals surface area (Å²) >= 11 is 3.38. The Balaban J connectivity index is 1.82. The average molecular weight is 412 g/mol.